The lowest BCUT2D eigenvalue weighted by Gasteiger charge is -2.15. The highest BCUT2D eigenvalue weighted by Crippen LogP contribution is 2.05. The molecule has 0 heterocycles. The number of benzene rings is 1. The Labute approximate surface area is 96.6 Å². The standard InChI is InChI=1S/C12H16N2S/c1-4-10(2)13-14(3)12(15)11-8-6-5-7-9-11/h5-9H,4H2,1-3H3/b13-10-. The number of thiocarbonyl (C=S) groups is 1. The second-order valence-electron chi connectivity index (χ2n) is 3.38. The van der Waals surface area contributed by atoms with Crippen LogP contribution in [0.25, 0.3) is 0 Å². The number of hydrazone groups is 1. The Bertz CT molecular complexity index is 357. The predicted octanol–water partition coefficient (Wildman–Crippen LogP) is 3.08. The third kappa shape index (κ3) is 3.44. The zero-order valence-electron chi connectivity index (χ0n) is 9.40. The first kappa shape index (κ1) is 11.9. The van der Waals surface area contributed by atoms with Gasteiger partial charge in [0.1, 0.15) is 4.99 Å². The van der Waals surface area contributed by atoms with Gasteiger partial charge < -0.3 is 0 Å². The van der Waals surface area contributed by atoms with Crippen LogP contribution < -0.4 is 0 Å². The number of hydrogen-bond donors (Lipinski definition) is 0. The summed E-state index contributed by atoms with van der Waals surface area (Å²) in [6.45, 7) is 4.09. The molecule has 80 valence electrons. The average molecular weight is 220 g/mol. The minimum atomic E-state index is 0.753. The van der Waals surface area contributed by atoms with Gasteiger partial charge >= 0.3 is 0 Å². The maximum absolute atomic E-state index is 5.33. The Morgan fingerprint density at radius 3 is 2.47 bits per heavy atom. The van der Waals surface area contributed by atoms with Crippen LogP contribution in [0, 0.1) is 0 Å². The molecule has 0 amide bonds. The van der Waals surface area contributed by atoms with Crippen molar-refractivity contribution in [2.24, 2.45) is 5.10 Å². The van der Waals surface area contributed by atoms with Gasteiger partial charge in [0.15, 0.2) is 0 Å². The van der Waals surface area contributed by atoms with Crippen molar-refractivity contribution >= 4 is 22.9 Å². The lowest BCUT2D eigenvalue weighted by Crippen LogP contribution is -2.21. The van der Waals surface area contributed by atoms with Gasteiger partial charge in [0.2, 0.25) is 0 Å². The van der Waals surface area contributed by atoms with Gasteiger partial charge in [0, 0.05) is 18.3 Å². The van der Waals surface area contributed by atoms with Gasteiger partial charge in [0.25, 0.3) is 0 Å². The van der Waals surface area contributed by atoms with Crippen molar-refractivity contribution in [2.75, 3.05) is 7.05 Å². The van der Waals surface area contributed by atoms with Crippen LogP contribution in [0.3, 0.4) is 0 Å². The first-order valence-electron chi connectivity index (χ1n) is 5.02. The Morgan fingerprint density at radius 1 is 1.33 bits per heavy atom. The van der Waals surface area contributed by atoms with E-state index in [-0.39, 0.29) is 0 Å². The molecule has 0 bridgehead atoms. The van der Waals surface area contributed by atoms with Crippen molar-refractivity contribution in [2.45, 2.75) is 20.3 Å². The zero-order valence-corrected chi connectivity index (χ0v) is 10.2. The van der Waals surface area contributed by atoms with Crippen LogP contribution in [0.5, 0.6) is 0 Å². The van der Waals surface area contributed by atoms with E-state index >= 15 is 0 Å². The maximum Gasteiger partial charge on any atom is 0.129 e. The Balaban J connectivity index is 2.78. The molecular weight excluding hydrogens is 204 g/mol. The fourth-order valence-electron chi connectivity index (χ4n) is 1.14. The predicted molar refractivity (Wildman–Crippen MR) is 69.3 cm³/mol. The fraction of sp³-hybridized carbons (Fsp3) is 0.333. The van der Waals surface area contributed by atoms with Crippen LogP contribution in [0.15, 0.2) is 35.4 Å². The highest BCUT2D eigenvalue weighted by atomic mass is 32.1. The van der Waals surface area contributed by atoms with Gasteiger partial charge in [-0.2, -0.15) is 5.10 Å². The summed E-state index contributed by atoms with van der Waals surface area (Å²) < 4.78 is 0. The summed E-state index contributed by atoms with van der Waals surface area (Å²) in [6, 6.07) is 9.93. The lowest BCUT2D eigenvalue weighted by atomic mass is 10.2. The minimum absolute atomic E-state index is 0.753. The molecule has 0 radical (unpaired) electrons. The fourth-order valence-corrected chi connectivity index (χ4v) is 1.32. The monoisotopic (exact) mass is 220 g/mol. The molecule has 0 unspecified atom stereocenters. The molecule has 15 heavy (non-hydrogen) atoms. The Hall–Kier alpha value is -1.22. The summed E-state index contributed by atoms with van der Waals surface area (Å²) in [6.07, 6.45) is 0.946. The third-order valence-electron chi connectivity index (χ3n) is 2.15. The summed E-state index contributed by atoms with van der Waals surface area (Å²) in [5.41, 5.74) is 2.11. The first-order chi connectivity index (χ1) is 7.15. The molecule has 0 aliphatic heterocycles. The smallest absolute Gasteiger partial charge is 0.129 e. The van der Waals surface area contributed by atoms with E-state index in [4.69, 9.17) is 12.2 Å². The van der Waals surface area contributed by atoms with Crippen LogP contribution >= 0.6 is 12.2 Å². The van der Waals surface area contributed by atoms with Crippen molar-refractivity contribution < 1.29 is 0 Å². The molecule has 0 aromatic heterocycles. The minimum Gasteiger partial charge on any atom is -0.257 e. The van der Waals surface area contributed by atoms with E-state index in [2.05, 4.69) is 12.0 Å². The molecule has 2 nitrogen and oxygen atoms in total. The zero-order chi connectivity index (χ0) is 11.3. The molecule has 0 aliphatic rings. The summed E-state index contributed by atoms with van der Waals surface area (Å²) in [7, 11) is 1.88. The van der Waals surface area contributed by atoms with E-state index in [0.29, 0.717) is 0 Å². The van der Waals surface area contributed by atoms with Gasteiger partial charge in [0.05, 0.1) is 0 Å². The van der Waals surface area contributed by atoms with Crippen LogP contribution in [0.2, 0.25) is 0 Å². The summed E-state index contributed by atoms with van der Waals surface area (Å²) >= 11 is 5.33. The lowest BCUT2D eigenvalue weighted by molar-refractivity contribution is 0.553. The second kappa shape index (κ2) is 5.61. The van der Waals surface area contributed by atoms with Crippen molar-refractivity contribution in [3.63, 3.8) is 0 Å². The molecule has 0 atom stereocenters. The normalized spacial score (nSPS) is 11.3. The van der Waals surface area contributed by atoms with Crippen molar-refractivity contribution in [1.82, 2.24) is 5.01 Å². The van der Waals surface area contributed by atoms with E-state index in [1.807, 2.05) is 44.3 Å². The van der Waals surface area contributed by atoms with Gasteiger partial charge in [-0.25, -0.2) is 0 Å². The van der Waals surface area contributed by atoms with Gasteiger partial charge in [-0.05, 0) is 13.3 Å². The highest BCUT2D eigenvalue weighted by molar-refractivity contribution is 7.80. The molecule has 1 rings (SSSR count). The quantitative estimate of drug-likeness (QED) is 0.442. The van der Waals surface area contributed by atoms with Crippen LogP contribution in [0.4, 0.5) is 0 Å². The molecular formula is C12H16N2S. The average Bonchev–Trinajstić information content (AvgIpc) is 2.29. The van der Waals surface area contributed by atoms with Crippen LogP contribution in [-0.2, 0) is 0 Å². The molecule has 0 saturated heterocycles. The molecule has 0 aliphatic carbocycles. The van der Waals surface area contributed by atoms with Gasteiger partial charge in [-0.3, -0.25) is 5.01 Å². The molecule has 0 fully saturated rings. The SMILES string of the molecule is CC/C(C)=N\N(C)C(=S)c1ccccc1. The molecule has 1 aromatic rings. The maximum atomic E-state index is 5.33. The summed E-state index contributed by atoms with van der Waals surface area (Å²) in [4.78, 5) is 0.753. The molecule has 0 saturated carbocycles. The molecule has 0 N–H and O–H groups in total. The Morgan fingerprint density at radius 2 is 1.93 bits per heavy atom. The Kier molecular flexibility index (Phi) is 4.43. The third-order valence-corrected chi connectivity index (χ3v) is 2.65. The van der Waals surface area contributed by atoms with Crippen molar-refractivity contribution in [1.29, 1.82) is 0 Å². The van der Waals surface area contributed by atoms with Crippen molar-refractivity contribution in [3.8, 4) is 0 Å². The van der Waals surface area contributed by atoms with E-state index < -0.39 is 0 Å². The van der Waals surface area contributed by atoms with Crippen molar-refractivity contribution in [3.05, 3.63) is 35.9 Å². The topological polar surface area (TPSA) is 15.6 Å². The summed E-state index contributed by atoms with van der Waals surface area (Å²) in [5, 5.41) is 6.13. The highest BCUT2D eigenvalue weighted by Gasteiger charge is 2.04. The molecule has 1 aromatic carbocycles. The van der Waals surface area contributed by atoms with Crippen LogP contribution in [0.1, 0.15) is 25.8 Å². The number of nitrogens with zero attached hydrogens (tertiary/aromatic N) is 2. The molecule has 3 heteroatoms. The largest absolute Gasteiger partial charge is 0.257 e. The van der Waals surface area contributed by atoms with E-state index in [9.17, 15) is 0 Å². The van der Waals surface area contributed by atoms with E-state index in [1.165, 1.54) is 0 Å². The van der Waals surface area contributed by atoms with E-state index in [1.54, 1.807) is 5.01 Å². The van der Waals surface area contributed by atoms with Gasteiger partial charge in [-0.1, -0.05) is 49.5 Å². The summed E-state index contributed by atoms with van der Waals surface area (Å²) in [5.74, 6) is 0. The second-order valence-corrected chi connectivity index (χ2v) is 3.77. The van der Waals surface area contributed by atoms with Gasteiger partial charge in [-0.15, -0.1) is 0 Å². The number of hydrogen-bond acceptors (Lipinski definition) is 2. The first-order valence-corrected chi connectivity index (χ1v) is 5.43. The molecule has 0 spiro atoms. The van der Waals surface area contributed by atoms with E-state index in [0.717, 1.165) is 22.7 Å². The van der Waals surface area contributed by atoms with Crippen LogP contribution in [-0.4, -0.2) is 22.8 Å². The number of rotatable bonds is 3.